The van der Waals surface area contributed by atoms with Gasteiger partial charge in [0.05, 0.1) is 22.4 Å². The average Bonchev–Trinajstić information content (AvgIpc) is 3.17. The third-order valence-corrected chi connectivity index (χ3v) is 6.62. The van der Waals surface area contributed by atoms with E-state index in [-0.39, 0.29) is 23.5 Å². The Bertz CT molecular complexity index is 1160. The van der Waals surface area contributed by atoms with Crippen LogP contribution < -0.4 is 10.6 Å². The summed E-state index contributed by atoms with van der Waals surface area (Å²) in [4.78, 5) is 25.3. The van der Waals surface area contributed by atoms with Crippen molar-refractivity contribution < 1.29 is 9.59 Å². The number of nitrogens with zero attached hydrogens (tertiary/aromatic N) is 3. The zero-order valence-corrected chi connectivity index (χ0v) is 21.9. The first-order valence-corrected chi connectivity index (χ1v) is 12.7. The summed E-state index contributed by atoms with van der Waals surface area (Å²) in [6.45, 7) is 6.50. The molecule has 1 aromatic heterocycles. The van der Waals surface area contributed by atoms with Gasteiger partial charge in [0.25, 0.3) is 5.91 Å². The normalized spacial score (nSPS) is 12.0. The largest absolute Gasteiger partial charge is 0.342 e. The first kappa shape index (κ1) is 26.3. The second-order valence-corrected chi connectivity index (χ2v) is 9.98. The fourth-order valence-electron chi connectivity index (χ4n) is 3.28. The van der Waals surface area contributed by atoms with Crippen molar-refractivity contribution in [1.82, 2.24) is 20.1 Å². The standard InChI is InChI=1S/C23H24Cl3N5O2S/c1-4-31-21(20(13(2)3)28-22(33)17-7-5-6-8-18(17)26)29-30-23(31)34-12-19(32)27-16-10-14(24)9-15(25)11-16/h5-11,13,20H,4,12H2,1-3H3,(H,27,32)(H,28,33)/t20-/m1/s1. The highest BCUT2D eigenvalue weighted by Gasteiger charge is 2.26. The molecule has 1 atom stereocenters. The molecule has 0 aliphatic carbocycles. The van der Waals surface area contributed by atoms with E-state index in [1.165, 1.54) is 11.8 Å². The van der Waals surface area contributed by atoms with Crippen LogP contribution in [0.25, 0.3) is 0 Å². The number of anilines is 1. The van der Waals surface area contributed by atoms with Crippen molar-refractivity contribution in [3.05, 3.63) is 68.9 Å². The second kappa shape index (κ2) is 11.9. The van der Waals surface area contributed by atoms with Gasteiger partial charge in [-0.1, -0.05) is 72.5 Å². The summed E-state index contributed by atoms with van der Waals surface area (Å²) in [6.07, 6.45) is 0. The van der Waals surface area contributed by atoms with Crippen molar-refractivity contribution in [3.8, 4) is 0 Å². The van der Waals surface area contributed by atoms with Gasteiger partial charge >= 0.3 is 0 Å². The Kier molecular flexibility index (Phi) is 9.24. The van der Waals surface area contributed by atoms with Crippen LogP contribution in [0.4, 0.5) is 5.69 Å². The van der Waals surface area contributed by atoms with E-state index in [4.69, 9.17) is 34.8 Å². The zero-order valence-electron chi connectivity index (χ0n) is 18.8. The molecule has 1 heterocycles. The Balaban J connectivity index is 1.72. The summed E-state index contributed by atoms with van der Waals surface area (Å²) in [6, 6.07) is 11.3. The Morgan fingerprint density at radius 1 is 1.06 bits per heavy atom. The van der Waals surface area contributed by atoms with E-state index in [0.717, 1.165) is 0 Å². The Morgan fingerprint density at radius 2 is 1.74 bits per heavy atom. The molecule has 34 heavy (non-hydrogen) atoms. The van der Waals surface area contributed by atoms with Gasteiger partial charge in [-0.2, -0.15) is 0 Å². The number of thioether (sulfide) groups is 1. The van der Waals surface area contributed by atoms with Gasteiger partial charge in [0.15, 0.2) is 11.0 Å². The maximum absolute atomic E-state index is 12.9. The smallest absolute Gasteiger partial charge is 0.253 e. The molecular weight excluding hydrogens is 517 g/mol. The van der Waals surface area contributed by atoms with Crippen LogP contribution in [0.5, 0.6) is 0 Å². The Morgan fingerprint density at radius 3 is 2.35 bits per heavy atom. The molecule has 180 valence electrons. The molecule has 0 aliphatic heterocycles. The molecule has 7 nitrogen and oxygen atoms in total. The molecule has 2 N–H and O–H groups in total. The van der Waals surface area contributed by atoms with Crippen molar-refractivity contribution in [3.63, 3.8) is 0 Å². The van der Waals surface area contributed by atoms with E-state index in [0.29, 0.717) is 43.8 Å². The lowest BCUT2D eigenvalue weighted by Gasteiger charge is -2.22. The highest BCUT2D eigenvalue weighted by Crippen LogP contribution is 2.27. The quantitative estimate of drug-likeness (QED) is 0.319. The van der Waals surface area contributed by atoms with E-state index in [9.17, 15) is 9.59 Å². The Hall–Kier alpha value is -2.26. The van der Waals surface area contributed by atoms with Crippen molar-refractivity contribution in [2.75, 3.05) is 11.1 Å². The molecule has 0 spiro atoms. The van der Waals surface area contributed by atoms with Crippen molar-refractivity contribution in [2.24, 2.45) is 5.92 Å². The number of hydrogen-bond acceptors (Lipinski definition) is 5. The van der Waals surface area contributed by atoms with Gasteiger partial charge in [0, 0.05) is 22.3 Å². The van der Waals surface area contributed by atoms with Crippen LogP contribution in [-0.4, -0.2) is 32.3 Å². The number of benzene rings is 2. The van der Waals surface area contributed by atoms with Crippen molar-refractivity contribution in [1.29, 1.82) is 0 Å². The maximum Gasteiger partial charge on any atom is 0.253 e. The van der Waals surface area contributed by atoms with Gasteiger partial charge in [0.2, 0.25) is 5.91 Å². The third kappa shape index (κ3) is 6.66. The molecule has 0 saturated heterocycles. The van der Waals surface area contributed by atoms with E-state index in [2.05, 4.69) is 20.8 Å². The van der Waals surface area contributed by atoms with Gasteiger partial charge in [0.1, 0.15) is 0 Å². The van der Waals surface area contributed by atoms with Crippen LogP contribution >= 0.6 is 46.6 Å². The molecule has 3 rings (SSSR count). The fraction of sp³-hybridized carbons (Fsp3) is 0.304. The number of amides is 2. The number of carbonyl (C=O) groups excluding carboxylic acids is 2. The molecule has 0 fully saturated rings. The molecule has 0 radical (unpaired) electrons. The predicted octanol–water partition coefficient (Wildman–Crippen LogP) is 6.12. The number of hydrogen-bond donors (Lipinski definition) is 2. The minimum Gasteiger partial charge on any atom is -0.342 e. The number of carbonyl (C=O) groups is 2. The minimum absolute atomic E-state index is 0.0367. The van der Waals surface area contributed by atoms with Gasteiger partial charge in [-0.05, 0) is 43.2 Å². The monoisotopic (exact) mass is 539 g/mol. The van der Waals surface area contributed by atoms with E-state index in [1.54, 1.807) is 42.5 Å². The predicted molar refractivity (Wildman–Crippen MR) is 138 cm³/mol. The molecule has 0 unspecified atom stereocenters. The van der Waals surface area contributed by atoms with Crippen molar-refractivity contribution >= 4 is 64.1 Å². The van der Waals surface area contributed by atoms with Crippen LogP contribution in [0.2, 0.25) is 15.1 Å². The van der Waals surface area contributed by atoms with Gasteiger partial charge in [-0.15, -0.1) is 10.2 Å². The minimum atomic E-state index is -0.395. The summed E-state index contributed by atoms with van der Waals surface area (Å²) in [5, 5.41) is 16.2. The molecule has 2 amide bonds. The van der Waals surface area contributed by atoms with Crippen molar-refractivity contribution in [2.45, 2.75) is 38.5 Å². The van der Waals surface area contributed by atoms with Crippen LogP contribution in [0.1, 0.15) is 43.0 Å². The number of rotatable bonds is 9. The lowest BCUT2D eigenvalue weighted by molar-refractivity contribution is -0.113. The molecular formula is C23H24Cl3N5O2S. The number of nitrogens with one attached hydrogen (secondary N) is 2. The van der Waals surface area contributed by atoms with Crippen LogP contribution in [-0.2, 0) is 11.3 Å². The summed E-state index contributed by atoms with van der Waals surface area (Å²) < 4.78 is 1.89. The van der Waals surface area contributed by atoms with Gasteiger partial charge in [-0.3, -0.25) is 9.59 Å². The fourth-order valence-corrected chi connectivity index (χ4v) is 4.84. The first-order valence-electron chi connectivity index (χ1n) is 10.6. The SMILES string of the molecule is CCn1c(SCC(=O)Nc2cc(Cl)cc(Cl)c2)nnc1[C@H](NC(=O)c1ccccc1Cl)C(C)C. The molecule has 2 aromatic carbocycles. The summed E-state index contributed by atoms with van der Waals surface area (Å²) >= 11 is 19.4. The molecule has 0 saturated carbocycles. The number of halogens is 3. The lowest BCUT2D eigenvalue weighted by Crippen LogP contribution is -2.34. The zero-order chi connectivity index (χ0) is 24.8. The molecule has 0 aliphatic rings. The van der Waals surface area contributed by atoms with E-state index >= 15 is 0 Å². The molecule has 11 heteroatoms. The first-order chi connectivity index (χ1) is 16.2. The third-order valence-electron chi connectivity index (χ3n) is 4.89. The van der Waals surface area contributed by atoms with E-state index in [1.807, 2.05) is 25.3 Å². The topological polar surface area (TPSA) is 88.9 Å². The summed E-state index contributed by atoms with van der Waals surface area (Å²) in [5.41, 5.74) is 0.910. The number of aromatic nitrogens is 3. The Labute approximate surface area is 217 Å². The highest BCUT2D eigenvalue weighted by molar-refractivity contribution is 7.99. The molecule has 3 aromatic rings. The second-order valence-electron chi connectivity index (χ2n) is 7.76. The van der Waals surface area contributed by atoms with Gasteiger partial charge < -0.3 is 15.2 Å². The summed E-state index contributed by atoms with van der Waals surface area (Å²) in [7, 11) is 0. The van der Waals surface area contributed by atoms with Crippen LogP contribution in [0, 0.1) is 5.92 Å². The highest BCUT2D eigenvalue weighted by atomic mass is 35.5. The maximum atomic E-state index is 12.9. The average molecular weight is 541 g/mol. The lowest BCUT2D eigenvalue weighted by atomic mass is 10.0. The van der Waals surface area contributed by atoms with Crippen LogP contribution in [0.15, 0.2) is 47.6 Å². The van der Waals surface area contributed by atoms with Crippen LogP contribution in [0.3, 0.4) is 0 Å². The van der Waals surface area contributed by atoms with E-state index < -0.39 is 6.04 Å². The van der Waals surface area contributed by atoms with Gasteiger partial charge in [-0.25, -0.2) is 0 Å². The molecule has 0 bridgehead atoms. The summed E-state index contributed by atoms with van der Waals surface area (Å²) in [5.74, 6) is 0.240.